The highest BCUT2D eigenvalue weighted by Crippen LogP contribution is 2.31. The molecule has 1 aromatic carbocycles. The molecule has 0 amide bonds. The molecule has 0 unspecified atom stereocenters. The number of aryl methyl sites for hydroxylation is 1. The normalized spacial score (nSPS) is 17.9. The standard InChI is InChI=1S/C12H17NO/c1-9-3-2-4-11(7-9)14-8-12(13)10-5-6-10/h2-4,7,10,12H,5-6,8,13H2,1H3/t12-/m0/s1. The third-order valence-electron chi connectivity index (χ3n) is 2.66. The van der Waals surface area contributed by atoms with Gasteiger partial charge in [0.2, 0.25) is 0 Å². The van der Waals surface area contributed by atoms with Crippen molar-refractivity contribution in [2.75, 3.05) is 6.61 Å². The first kappa shape index (κ1) is 9.53. The summed E-state index contributed by atoms with van der Waals surface area (Å²) in [4.78, 5) is 0. The monoisotopic (exact) mass is 191 g/mol. The molecule has 2 nitrogen and oxygen atoms in total. The van der Waals surface area contributed by atoms with Gasteiger partial charge >= 0.3 is 0 Å². The Hall–Kier alpha value is -1.02. The molecule has 2 heteroatoms. The molecule has 0 radical (unpaired) electrons. The maximum Gasteiger partial charge on any atom is 0.119 e. The van der Waals surface area contributed by atoms with Crippen molar-refractivity contribution in [3.8, 4) is 5.75 Å². The summed E-state index contributed by atoms with van der Waals surface area (Å²) in [5.74, 6) is 1.64. The second kappa shape index (κ2) is 4.01. The van der Waals surface area contributed by atoms with Gasteiger partial charge in [-0.1, -0.05) is 12.1 Å². The third-order valence-corrected chi connectivity index (χ3v) is 2.66. The first-order valence-corrected chi connectivity index (χ1v) is 5.21. The molecular formula is C12H17NO. The summed E-state index contributed by atoms with van der Waals surface area (Å²) in [5.41, 5.74) is 7.16. The molecule has 1 atom stereocenters. The fourth-order valence-corrected chi connectivity index (χ4v) is 1.56. The molecule has 0 heterocycles. The Morgan fingerprint density at radius 2 is 2.29 bits per heavy atom. The van der Waals surface area contributed by atoms with Crippen LogP contribution in [0.5, 0.6) is 5.75 Å². The van der Waals surface area contributed by atoms with Gasteiger partial charge < -0.3 is 10.5 Å². The lowest BCUT2D eigenvalue weighted by Gasteiger charge is -2.12. The van der Waals surface area contributed by atoms with Crippen LogP contribution in [0.3, 0.4) is 0 Å². The maximum absolute atomic E-state index is 5.94. The summed E-state index contributed by atoms with van der Waals surface area (Å²) in [6.07, 6.45) is 2.55. The van der Waals surface area contributed by atoms with Crippen LogP contribution in [-0.2, 0) is 0 Å². The Morgan fingerprint density at radius 1 is 1.50 bits per heavy atom. The minimum atomic E-state index is 0.218. The van der Waals surface area contributed by atoms with Crippen LogP contribution in [0.2, 0.25) is 0 Å². The van der Waals surface area contributed by atoms with Gasteiger partial charge in [-0.3, -0.25) is 0 Å². The van der Waals surface area contributed by atoms with Gasteiger partial charge in [-0.05, 0) is 43.4 Å². The lowest BCUT2D eigenvalue weighted by Crippen LogP contribution is -2.29. The fourth-order valence-electron chi connectivity index (χ4n) is 1.56. The van der Waals surface area contributed by atoms with Crippen molar-refractivity contribution >= 4 is 0 Å². The first-order valence-electron chi connectivity index (χ1n) is 5.21. The Labute approximate surface area is 85.1 Å². The number of hydrogen-bond acceptors (Lipinski definition) is 2. The van der Waals surface area contributed by atoms with Gasteiger partial charge in [0, 0.05) is 6.04 Å². The minimum absolute atomic E-state index is 0.218. The van der Waals surface area contributed by atoms with Crippen molar-refractivity contribution in [2.45, 2.75) is 25.8 Å². The molecule has 14 heavy (non-hydrogen) atoms. The molecule has 1 aromatic rings. The molecule has 76 valence electrons. The number of rotatable bonds is 4. The van der Waals surface area contributed by atoms with E-state index in [2.05, 4.69) is 13.0 Å². The molecule has 0 aliphatic heterocycles. The Morgan fingerprint density at radius 3 is 2.93 bits per heavy atom. The van der Waals surface area contributed by atoms with Gasteiger partial charge in [-0.25, -0.2) is 0 Å². The van der Waals surface area contributed by atoms with Gasteiger partial charge in [0.1, 0.15) is 12.4 Å². The zero-order valence-electron chi connectivity index (χ0n) is 8.57. The van der Waals surface area contributed by atoms with Crippen molar-refractivity contribution in [2.24, 2.45) is 11.7 Å². The zero-order chi connectivity index (χ0) is 9.97. The van der Waals surface area contributed by atoms with E-state index in [1.807, 2.05) is 18.2 Å². The van der Waals surface area contributed by atoms with Gasteiger partial charge in [-0.15, -0.1) is 0 Å². The SMILES string of the molecule is Cc1cccc(OC[C@H](N)C2CC2)c1. The summed E-state index contributed by atoms with van der Waals surface area (Å²) < 4.78 is 5.62. The second-order valence-electron chi connectivity index (χ2n) is 4.13. The number of hydrogen-bond donors (Lipinski definition) is 1. The Kier molecular flexibility index (Phi) is 2.73. The van der Waals surface area contributed by atoms with Crippen LogP contribution in [0.1, 0.15) is 18.4 Å². The van der Waals surface area contributed by atoms with Crippen molar-refractivity contribution in [1.82, 2.24) is 0 Å². The van der Waals surface area contributed by atoms with E-state index in [0.717, 1.165) is 5.75 Å². The largest absolute Gasteiger partial charge is 0.492 e. The molecular weight excluding hydrogens is 174 g/mol. The smallest absolute Gasteiger partial charge is 0.119 e. The van der Waals surface area contributed by atoms with E-state index in [9.17, 15) is 0 Å². The highest BCUT2D eigenvalue weighted by molar-refractivity contribution is 5.27. The van der Waals surface area contributed by atoms with Crippen LogP contribution in [0, 0.1) is 12.8 Å². The lowest BCUT2D eigenvalue weighted by molar-refractivity contribution is 0.276. The lowest BCUT2D eigenvalue weighted by atomic mass is 10.2. The van der Waals surface area contributed by atoms with Crippen LogP contribution in [-0.4, -0.2) is 12.6 Å². The Bertz CT molecular complexity index is 307. The van der Waals surface area contributed by atoms with E-state index in [1.54, 1.807) is 0 Å². The second-order valence-corrected chi connectivity index (χ2v) is 4.13. The van der Waals surface area contributed by atoms with Gasteiger partial charge in [-0.2, -0.15) is 0 Å². The molecule has 0 spiro atoms. The molecule has 2 N–H and O–H groups in total. The molecule has 1 aliphatic carbocycles. The number of benzene rings is 1. The van der Waals surface area contributed by atoms with Crippen LogP contribution >= 0.6 is 0 Å². The highest BCUT2D eigenvalue weighted by Gasteiger charge is 2.28. The zero-order valence-corrected chi connectivity index (χ0v) is 8.57. The molecule has 1 fully saturated rings. The minimum Gasteiger partial charge on any atom is -0.492 e. The molecule has 0 aromatic heterocycles. The van der Waals surface area contributed by atoms with Crippen molar-refractivity contribution < 1.29 is 4.74 Å². The average Bonchev–Trinajstić information content (AvgIpc) is 2.97. The fraction of sp³-hybridized carbons (Fsp3) is 0.500. The van der Waals surface area contributed by atoms with Gasteiger partial charge in [0.05, 0.1) is 0 Å². The average molecular weight is 191 g/mol. The number of ether oxygens (including phenoxy) is 1. The topological polar surface area (TPSA) is 35.2 Å². The summed E-state index contributed by atoms with van der Waals surface area (Å²) in [5, 5.41) is 0. The van der Waals surface area contributed by atoms with E-state index in [0.29, 0.717) is 12.5 Å². The van der Waals surface area contributed by atoms with Crippen LogP contribution in [0.4, 0.5) is 0 Å². The van der Waals surface area contributed by atoms with Crippen LogP contribution in [0.25, 0.3) is 0 Å². The summed E-state index contributed by atoms with van der Waals surface area (Å²) in [6, 6.07) is 8.31. The summed E-state index contributed by atoms with van der Waals surface area (Å²) >= 11 is 0. The van der Waals surface area contributed by atoms with E-state index >= 15 is 0 Å². The van der Waals surface area contributed by atoms with E-state index in [1.165, 1.54) is 18.4 Å². The summed E-state index contributed by atoms with van der Waals surface area (Å²) in [6.45, 7) is 2.71. The molecule has 1 aliphatic rings. The first-order chi connectivity index (χ1) is 6.75. The van der Waals surface area contributed by atoms with E-state index in [-0.39, 0.29) is 6.04 Å². The molecule has 0 bridgehead atoms. The van der Waals surface area contributed by atoms with Gasteiger partial charge in [0.25, 0.3) is 0 Å². The quantitative estimate of drug-likeness (QED) is 0.791. The molecule has 0 saturated heterocycles. The highest BCUT2D eigenvalue weighted by atomic mass is 16.5. The number of nitrogens with two attached hydrogens (primary N) is 1. The maximum atomic E-state index is 5.94. The van der Waals surface area contributed by atoms with Crippen molar-refractivity contribution in [1.29, 1.82) is 0 Å². The van der Waals surface area contributed by atoms with E-state index in [4.69, 9.17) is 10.5 Å². The molecule has 1 saturated carbocycles. The van der Waals surface area contributed by atoms with Gasteiger partial charge in [0.15, 0.2) is 0 Å². The van der Waals surface area contributed by atoms with Crippen molar-refractivity contribution in [3.05, 3.63) is 29.8 Å². The van der Waals surface area contributed by atoms with E-state index < -0.39 is 0 Å². The van der Waals surface area contributed by atoms with Crippen molar-refractivity contribution in [3.63, 3.8) is 0 Å². The predicted octanol–water partition coefficient (Wildman–Crippen LogP) is 2.11. The Balaban J connectivity index is 1.84. The molecule has 2 rings (SSSR count). The predicted molar refractivity (Wildman–Crippen MR) is 57.4 cm³/mol. The third kappa shape index (κ3) is 2.48. The summed E-state index contributed by atoms with van der Waals surface area (Å²) in [7, 11) is 0. The van der Waals surface area contributed by atoms with Crippen LogP contribution in [0.15, 0.2) is 24.3 Å². The van der Waals surface area contributed by atoms with Crippen LogP contribution < -0.4 is 10.5 Å².